The number of allylic oxidation sites excluding steroid dienone is 1. The zero-order valence-electron chi connectivity index (χ0n) is 9.25. The lowest BCUT2D eigenvalue weighted by Gasteiger charge is -1.95. The third kappa shape index (κ3) is 5.73. The van der Waals surface area contributed by atoms with E-state index in [-0.39, 0.29) is 0 Å². The molecule has 0 bridgehead atoms. The Balaban J connectivity index is 2.23. The Morgan fingerprint density at radius 3 is 2.80 bits per heavy atom. The number of aromatic nitrogens is 1. The van der Waals surface area contributed by atoms with E-state index < -0.39 is 0 Å². The van der Waals surface area contributed by atoms with Crippen LogP contribution in [0.5, 0.6) is 0 Å². The van der Waals surface area contributed by atoms with Gasteiger partial charge in [0.05, 0.1) is 0 Å². The van der Waals surface area contributed by atoms with E-state index in [2.05, 4.69) is 46.1 Å². The molecule has 0 amide bonds. The number of nitrogens with zero attached hydrogens (tertiary/aromatic N) is 1. The smallest absolute Gasteiger partial charge is 0.106 e. The predicted octanol–water partition coefficient (Wildman–Crippen LogP) is 4.83. The van der Waals surface area contributed by atoms with Crippen molar-refractivity contribution in [2.45, 2.75) is 39.0 Å². The first-order chi connectivity index (χ1) is 7.33. The first kappa shape index (κ1) is 12.4. The van der Waals surface area contributed by atoms with E-state index in [1.807, 2.05) is 12.3 Å². The summed E-state index contributed by atoms with van der Waals surface area (Å²) in [6, 6.07) is 4.04. The average molecular weight is 268 g/mol. The van der Waals surface area contributed by atoms with Gasteiger partial charge >= 0.3 is 0 Å². The van der Waals surface area contributed by atoms with Crippen LogP contribution in [0.25, 0.3) is 6.08 Å². The lowest BCUT2D eigenvalue weighted by atomic mass is 10.1. The Morgan fingerprint density at radius 2 is 2.13 bits per heavy atom. The normalized spacial score (nSPS) is 11.1. The van der Waals surface area contributed by atoms with Gasteiger partial charge in [0.2, 0.25) is 0 Å². The molecule has 0 spiro atoms. The van der Waals surface area contributed by atoms with Crippen LogP contribution >= 0.6 is 15.9 Å². The highest BCUT2D eigenvalue weighted by Crippen LogP contribution is 2.09. The molecule has 1 nitrogen and oxygen atoms in total. The third-order valence-electron chi connectivity index (χ3n) is 2.28. The minimum atomic E-state index is 0.891. The molecule has 0 aliphatic heterocycles. The van der Waals surface area contributed by atoms with Crippen LogP contribution in [0.2, 0.25) is 0 Å². The predicted molar refractivity (Wildman–Crippen MR) is 69.7 cm³/mol. The second-order valence-electron chi connectivity index (χ2n) is 3.67. The fraction of sp³-hybridized carbons (Fsp3) is 0.462. The van der Waals surface area contributed by atoms with Crippen LogP contribution in [0.1, 0.15) is 44.6 Å². The number of unbranched alkanes of at least 4 members (excludes halogenated alkanes) is 4. The van der Waals surface area contributed by atoms with Gasteiger partial charge in [-0.2, -0.15) is 0 Å². The highest BCUT2D eigenvalue weighted by Gasteiger charge is 1.88. The second kappa shape index (κ2) is 7.63. The van der Waals surface area contributed by atoms with Gasteiger partial charge in [0.15, 0.2) is 0 Å². The summed E-state index contributed by atoms with van der Waals surface area (Å²) in [6.07, 6.45) is 12.7. The fourth-order valence-corrected chi connectivity index (χ4v) is 1.63. The van der Waals surface area contributed by atoms with Crippen molar-refractivity contribution in [3.63, 3.8) is 0 Å². The summed E-state index contributed by atoms with van der Waals surface area (Å²) in [6.45, 7) is 2.24. The Morgan fingerprint density at radius 1 is 1.27 bits per heavy atom. The summed E-state index contributed by atoms with van der Waals surface area (Å²) in [5, 5.41) is 0. The van der Waals surface area contributed by atoms with Crippen LogP contribution in [-0.4, -0.2) is 4.98 Å². The Labute approximate surface area is 101 Å². The van der Waals surface area contributed by atoms with Gasteiger partial charge in [-0.3, -0.25) is 0 Å². The second-order valence-corrected chi connectivity index (χ2v) is 4.48. The standard InChI is InChI=1S/C13H18BrN/c1-2-3-4-5-6-7-8-12-9-10-13(14)15-11-12/h7-11H,2-6H2,1H3/b8-7+. The van der Waals surface area contributed by atoms with Crippen molar-refractivity contribution in [1.82, 2.24) is 4.98 Å². The molecule has 1 heterocycles. The summed E-state index contributed by atoms with van der Waals surface area (Å²) in [5.41, 5.74) is 1.17. The third-order valence-corrected chi connectivity index (χ3v) is 2.75. The Bertz CT molecular complexity index is 290. The monoisotopic (exact) mass is 267 g/mol. The molecule has 1 aromatic heterocycles. The number of hydrogen-bond donors (Lipinski definition) is 0. The van der Waals surface area contributed by atoms with Crippen LogP contribution in [-0.2, 0) is 0 Å². The number of rotatable bonds is 6. The summed E-state index contributed by atoms with van der Waals surface area (Å²) in [7, 11) is 0. The van der Waals surface area contributed by atoms with Crippen molar-refractivity contribution in [3.05, 3.63) is 34.6 Å². The summed E-state index contributed by atoms with van der Waals surface area (Å²) in [4.78, 5) is 4.17. The lowest BCUT2D eigenvalue weighted by molar-refractivity contribution is 0.675. The first-order valence-electron chi connectivity index (χ1n) is 5.61. The molecule has 0 aromatic carbocycles. The van der Waals surface area contributed by atoms with Crippen molar-refractivity contribution in [2.24, 2.45) is 0 Å². The van der Waals surface area contributed by atoms with Gasteiger partial charge in [-0.15, -0.1) is 0 Å². The molecule has 0 fully saturated rings. The fourth-order valence-electron chi connectivity index (χ4n) is 1.39. The van der Waals surface area contributed by atoms with E-state index in [9.17, 15) is 0 Å². The SMILES string of the molecule is CCCCCC/C=C/c1ccc(Br)nc1. The molecule has 0 aliphatic carbocycles. The van der Waals surface area contributed by atoms with Crippen molar-refractivity contribution < 1.29 is 0 Å². The molecule has 1 rings (SSSR count). The van der Waals surface area contributed by atoms with Crippen LogP contribution in [0.15, 0.2) is 29.0 Å². The zero-order chi connectivity index (χ0) is 10.9. The van der Waals surface area contributed by atoms with Crippen molar-refractivity contribution in [1.29, 1.82) is 0 Å². The van der Waals surface area contributed by atoms with Crippen LogP contribution in [0.3, 0.4) is 0 Å². The van der Waals surface area contributed by atoms with Crippen LogP contribution in [0.4, 0.5) is 0 Å². The van der Waals surface area contributed by atoms with Gasteiger partial charge in [-0.1, -0.05) is 44.4 Å². The molecule has 82 valence electrons. The van der Waals surface area contributed by atoms with Crippen molar-refractivity contribution >= 4 is 22.0 Å². The largest absolute Gasteiger partial charge is 0.249 e. The van der Waals surface area contributed by atoms with Gasteiger partial charge in [0.25, 0.3) is 0 Å². The highest BCUT2D eigenvalue weighted by molar-refractivity contribution is 9.10. The maximum Gasteiger partial charge on any atom is 0.106 e. The first-order valence-corrected chi connectivity index (χ1v) is 6.40. The zero-order valence-corrected chi connectivity index (χ0v) is 10.8. The molecule has 0 unspecified atom stereocenters. The van der Waals surface area contributed by atoms with E-state index in [1.165, 1.54) is 37.7 Å². The summed E-state index contributed by atoms with van der Waals surface area (Å²) >= 11 is 3.32. The van der Waals surface area contributed by atoms with Gasteiger partial charge < -0.3 is 0 Å². The maximum absolute atomic E-state index is 4.17. The summed E-state index contributed by atoms with van der Waals surface area (Å²) in [5.74, 6) is 0. The van der Waals surface area contributed by atoms with E-state index in [4.69, 9.17) is 0 Å². The lowest BCUT2D eigenvalue weighted by Crippen LogP contribution is -1.77. The molecule has 0 saturated carbocycles. The van der Waals surface area contributed by atoms with Gasteiger partial charge in [0.1, 0.15) is 4.60 Å². The Kier molecular flexibility index (Phi) is 6.33. The van der Waals surface area contributed by atoms with Crippen LogP contribution in [0, 0.1) is 0 Å². The minimum absolute atomic E-state index is 0.891. The van der Waals surface area contributed by atoms with E-state index in [0.29, 0.717) is 0 Å². The van der Waals surface area contributed by atoms with Gasteiger partial charge in [-0.25, -0.2) is 4.98 Å². The van der Waals surface area contributed by atoms with E-state index in [0.717, 1.165) is 4.60 Å². The maximum atomic E-state index is 4.17. The van der Waals surface area contributed by atoms with Crippen molar-refractivity contribution in [3.8, 4) is 0 Å². The van der Waals surface area contributed by atoms with E-state index >= 15 is 0 Å². The van der Waals surface area contributed by atoms with Crippen molar-refractivity contribution in [2.75, 3.05) is 0 Å². The topological polar surface area (TPSA) is 12.9 Å². The molecular weight excluding hydrogens is 250 g/mol. The van der Waals surface area contributed by atoms with E-state index in [1.54, 1.807) is 0 Å². The molecule has 15 heavy (non-hydrogen) atoms. The molecule has 1 aromatic rings. The molecule has 0 N–H and O–H groups in total. The highest BCUT2D eigenvalue weighted by atomic mass is 79.9. The average Bonchev–Trinajstić information content (AvgIpc) is 2.26. The number of hydrogen-bond acceptors (Lipinski definition) is 1. The molecular formula is C13H18BrN. The van der Waals surface area contributed by atoms with Gasteiger partial charge in [-0.05, 0) is 40.4 Å². The molecule has 0 aliphatic rings. The molecule has 0 radical (unpaired) electrons. The minimum Gasteiger partial charge on any atom is -0.249 e. The molecule has 0 saturated heterocycles. The Hall–Kier alpha value is -0.630. The van der Waals surface area contributed by atoms with Gasteiger partial charge in [0, 0.05) is 6.20 Å². The number of halogens is 1. The molecule has 0 atom stereocenters. The number of pyridine rings is 1. The summed E-state index contributed by atoms with van der Waals surface area (Å²) < 4.78 is 0.891. The van der Waals surface area contributed by atoms with Crippen LogP contribution < -0.4 is 0 Å². The quantitative estimate of drug-likeness (QED) is 0.532. The molecule has 2 heteroatoms.